The fraction of sp³-hybridized carbons (Fsp3) is 0.421. The maximum atomic E-state index is 10.5. The van der Waals surface area contributed by atoms with E-state index < -0.39 is 24.5 Å². The Hall–Kier alpha value is -3.19. The van der Waals surface area contributed by atoms with Gasteiger partial charge in [-0.1, -0.05) is 0 Å². The van der Waals surface area contributed by atoms with E-state index in [0.717, 1.165) is 24.2 Å². The zero-order chi connectivity index (χ0) is 21.7. The van der Waals surface area contributed by atoms with Crippen molar-refractivity contribution in [2.45, 2.75) is 31.0 Å². The van der Waals surface area contributed by atoms with Crippen molar-refractivity contribution < 1.29 is 25.2 Å². The summed E-state index contributed by atoms with van der Waals surface area (Å²) in [5.41, 5.74) is 8.42. The van der Waals surface area contributed by atoms with E-state index in [4.69, 9.17) is 10.5 Å². The molecule has 0 amide bonds. The molecule has 4 unspecified atom stereocenters. The Balaban J connectivity index is 1.25. The number of aromatic nitrogens is 4. The summed E-state index contributed by atoms with van der Waals surface area (Å²) >= 11 is 0. The van der Waals surface area contributed by atoms with Crippen LogP contribution in [0.2, 0.25) is 0 Å². The molecule has 7 N–H and O–H groups in total. The van der Waals surface area contributed by atoms with Crippen LogP contribution in [0.25, 0.3) is 11.2 Å². The molecular formula is C19H23N7O5. The number of phenolic OH excluding ortho intramolecular Hbond substituents is 2. The fourth-order valence-corrected chi connectivity index (χ4v) is 4.17. The van der Waals surface area contributed by atoms with Crippen LogP contribution in [0.4, 0.5) is 11.5 Å². The number of nitrogens with zero attached hydrogens (tertiary/aromatic N) is 5. The second kappa shape index (κ2) is 7.50. The topological polar surface area (TPSA) is 175 Å². The average molecular weight is 429 g/mol. The van der Waals surface area contributed by atoms with Crippen LogP contribution >= 0.6 is 0 Å². The van der Waals surface area contributed by atoms with Gasteiger partial charge in [0.15, 0.2) is 29.2 Å². The molecule has 0 saturated carbocycles. The summed E-state index contributed by atoms with van der Waals surface area (Å²) in [5.74, 6) is -0.0708. The SMILES string of the molecule is Nc1ncnc2c1ncn2C1OC(CNCN2CCc3cc(O)c(O)cc32)C(O)C1O. The van der Waals surface area contributed by atoms with E-state index >= 15 is 0 Å². The van der Waals surface area contributed by atoms with Gasteiger partial charge >= 0.3 is 0 Å². The molecule has 5 rings (SSSR count). The molecule has 1 saturated heterocycles. The second-order valence-electron chi connectivity index (χ2n) is 7.72. The summed E-state index contributed by atoms with van der Waals surface area (Å²) < 4.78 is 7.45. The van der Waals surface area contributed by atoms with Gasteiger partial charge in [0.1, 0.15) is 30.2 Å². The number of nitrogen functional groups attached to an aromatic ring is 1. The molecule has 2 aromatic heterocycles. The number of anilines is 2. The van der Waals surface area contributed by atoms with Gasteiger partial charge in [-0.25, -0.2) is 15.0 Å². The van der Waals surface area contributed by atoms with E-state index in [1.165, 1.54) is 23.3 Å². The van der Waals surface area contributed by atoms with Crippen LogP contribution in [0.3, 0.4) is 0 Å². The lowest BCUT2D eigenvalue weighted by Gasteiger charge is -2.22. The Morgan fingerprint density at radius 1 is 1.13 bits per heavy atom. The molecule has 1 aromatic carbocycles. The van der Waals surface area contributed by atoms with Gasteiger partial charge in [0, 0.05) is 24.8 Å². The minimum absolute atomic E-state index is 0.130. The molecule has 0 aliphatic carbocycles. The van der Waals surface area contributed by atoms with Crippen LogP contribution < -0.4 is 16.0 Å². The molecule has 31 heavy (non-hydrogen) atoms. The molecule has 0 bridgehead atoms. The van der Waals surface area contributed by atoms with Crippen LogP contribution in [-0.2, 0) is 11.2 Å². The maximum absolute atomic E-state index is 10.5. The molecule has 0 radical (unpaired) electrons. The first-order valence-corrected chi connectivity index (χ1v) is 9.89. The van der Waals surface area contributed by atoms with Crippen LogP contribution in [0.15, 0.2) is 24.8 Å². The Morgan fingerprint density at radius 3 is 2.77 bits per heavy atom. The van der Waals surface area contributed by atoms with Crippen molar-refractivity contribution in [2.24, 2.45) is 0 Å². The number of aromatic hydroxyl groups is 2. The molecule has 164 valence electrons. The molecule has 4 atom stereocenters. The lowest BCUT2D eigenvalue weighted by Crippen LogP contribution is -2.41. The monoisotopic (exact) mass is 429 g/mol. The van der Waals surface area contributed by atoms with Crippen molar-refractivity contribution in [3.05, 3.63) is 30.4 Å². The molecule has 1 fully saturated rings. The normalized spacial score (nSPS) is 25.4. The largest absolute Gasteiger partial charge is 0.504 e. The molecular weight excluding hydrogens is 406 g/mol. The van der Waals surface area contributed by atoms with E-state index in [2.05, 4.69) is 20.3 Å². The maximum Gasteiger partial charge on any atom is 0.167 e. The lowest BCUT2D eigenvalue weighted by molar-refractivity contribution is -0.0341. The molecule has 3 aromatic rings. The van der Waals surface area contributed by atoms with Gasteiger partial charge in [-0.05, 0) is 18.1 Å². The van der Waals surface area contributed by atoms with Crippen molar-refractivity contribution in [3.8, 4) is 11.5 Å². The number of rotatable bonds is 5. The number of aliphatic hydroxyl groups is 2. The highest BCUT2D eigenvalue weighted by Gasteiger charge is 2.44. The molecule has 2 aliphatic rings. The van der Waals surface area contributed by atoms with Crippen LogP contribution in [0.5, 0.6) is 11.5 Å². The number of ether oxygens (including phenoxy) is 1. The predicted octanol–water partition coefficient (Wildman–Crippen LogP) is -0.951. The average Bonchev–Trinajstić information content (AvgIpc) is 3.42. The third-order valence-electron chi connectivity index (χ3n) is 5.81. The number of nitrogens with two attached hydrogens (primary N) is 1. The number of imidazole rings is 1. The van der Waals surface area contributed by atoms with E-state index in [1.54, 1.807) is 6.07 Å². The number of nitrogens with one attached hydrogen (secondary N) is 1. The molecule has 12 heteroatoms. The Bertz CT molecular complexity index is 1120. The summed E-state index contributed by atoms with van der Waals surface area (Å²) in [6.07, 6.45) is -0.297. The third-order valence-corrected chi connectivity index (χ3v) is 5.81. The second-order valence-corrected chi connectivity index (χ2v) is 7.72. The summed E-state index contributed by atoms with van der Waals surface area (Å²) in [5, 5.41) is 43.7. The van der Waals surface area contributed by atoms with Gasteiger partial charge in [0.05, 0.1) is 13.0 Å². The van der Waals surface area contributed by atoms with E-state index in [9.17, 15) is 20.4 Å². The van der Waals surface area contributed by atoms with Gasteiger partial charge in [-0.3, -0.25) is 9.88 Å². The number of benzene rings is 1. The van der Waals surface area contributed by atoms with Crippen molar-refractivity contribution in [1.29, 1.82) is 0 Å². The van der Waals surface area contributed by atoms with Crippen molar-refractivity contribution >= 4 is 22.7 Å². The first kappa shape index (κ1) is 19.8. The highest BCUT2D eigenvalue weighted by molar-refractivity contribution is 5.81. The minimum atomic E-state index is -1.17. The minimum Gasteiger partial charge on any atom is -0.504 e. The highest BCUT2D eigenvalue weighted by atomic mass is 16.6. The summed E-state index contributed by atoms with van der Waals surface area (Å²) in [6, 6.07) is 3.11. The van der Waals surface area contributed by atoms with Crippen molar-refractivity contribution in [2.75, 3.05) is 30.4 Å². The van der Waals surface area contributed by atoms with E-state index in [1.807, 2.05) is 4.90 Å². The van der Waals surface area contributed by atoms with Crippen LogP contribution in [0, 0.1) is 0 Å². The van der Waals surface area contributed by atoms with Gasteiger partial charge in [-0.2, -0.15) is 0 Å². The number of aliphatic hydroxyl groups excluding tert-OH is 2. The van der Waals surface area contributed by atoms with Gasteiger partial charge in [-0.15, -0.1) is 0 Å². The molecule has 12 nitrogen and oxygen atoms in total. The Labute approximate surface area is 176 Å². The zero-order valence-corrected chi connectivity index (χ0v) is 16.5. The standard InChI is InChI=1S/C19H23N7O5/c20-17-14-18(23-6-22-17)26(8-24-14)19-16(30)15(29)13(31-19)5-21-7-25-2-1-9-3-11(27)12(28)4-10(9)25/h3-4,6,8,13,15-16,19,21,27-30H,1-2,5,7H2,(H2,20,22,23). The van der Waals surface area contributed by atoms with Crippen LogP contribution in [-0.4, -0.2) is 78.0 Å². The van der Waals surface area contributed by atoms with Crippen molar-refractivity contribution in [1.82, 2.24) is 24.8 Å². The molecule has 2 aliphatic heterocycles. The molecule has 0 spiro atoms. The van der Waals surface area contributed by atoms with Crippen LogP contribution in [0.1, 0.15) is 11.8 Å². The number of hydrogen-bond acceptors (Lipinski definition) is 11. The van der Waals surface area contributed by atoms with Crippen molar-refractivity contribution in [3.63, 3.8) is 0 Å². The summed E-state index contributed by atoms with van der Waals surface area (Å²) in [4.78, 5) is 14.2. The van der Waals surface area contributed by atoms with Gasteiger partial charge in [0.25, 0.3) is 0 Å². The number of hydrogen-bond donors (Lipinski definition) is 6. The van der Waals surface area contributed by atoms with Gasteiger partial charge < -0.3 is 35.8 Å². The predicted molar refractivity (Wildman–Crippen MR) is 109 cm³/mol. The van der Waals surface area contributed by atoms with Gasteiger partial charge in [0.2, 0.25) is 0 Å². The summed E-state index contributed by atoms with van der Waals surface area (Å²) in [6.45, 7) is 1.46. The molecule has 4 heterocycles. The first-order chi connectivity index (χ1) is 14.9. The quantitative estimate of drug-likeness (QED) is 0.276. The fourth-order valence-electron chi connectivity index (χ4n) is 4.17. The highest BCUT2D eigenvalue weighted by Crippen LogP contribution is 2.37. The number of fused-ring (bicyclic) bond motifs is 2. The zero-order valence-electron chi connectivity index (χ0n) is 16.5. The third kappa shape index (κ3) is 3.29. The summed E-state index contributed by atoms with van der Waals surface area (Å²) in [7, 11) is 0. The number of phenols is 2. The Morgan fingerprint density at radius 2 is 1.94 bits per heavy atom. The Kier molecular flexibility index (Phi) is 4.78. The first-order valence-electron chi connectivity index (χ1n) is 9.89. The smallest absolute Gasteiger partial charge is 0.167 e. The van der Waals surface area contributed by atoms with E-state index in [-0.39, 0.29) is 23.9 Å². The van der Waals surface area contributed by atoms with E-state index in [0.29, 0.717) is 17.8 Å². The lowest BCUT2D eigenvalue weighted by atomic mass is 10.1.